The number of aliphatic carboxylic acids is 1. The molecule has 2 heterocycles. The number of amides is 1. The normalized spacial score (nSPS) is 17.5. The Hall–Kier alpha value is -4.31. The van der Waals surface area contributed by atoms with Crippen LogP contribution in [0.1, 0.15) is 80.3 Å². The number of carboxylic acids is 1. The number of nitrogens with one attached hydrogen (secondary N) is 1. The number of halogens is 1. The number of nitrogens with zero attached hydrogens (tertiary/aromatic N) is 1. The summed E-state index contributed by atoms with van der Waals surface area (Å²) < 4.78 is 28.5. The number of benzene rings is 3. The van der Waals surface area contributed by atoms with Crippen molar-refractivity contribution in [1.29, 1.82) is 0 Å². The van der Waals surface area contributed by atoms with Crippen LogP contribution in [0.3, 0.4) is 0 Å². The molecule has 4 aromatic rings. The second kappa shape index (κ2) is 14.6. The van der Waals surface area contributed by atoms with Gasteiger partial charge in [0.2, 0.25) is 0 Å². The molecule has 248 valence electrons. The third kappa shape index (κ3) is 8.16. The highest BCUT2D eigenvalue weighted by Crippen LogP contribution is 2.43. The number of carboxylic acid groups (broad SMARTS) is 1. The van der Waals surface area contributed by atoms with E-state index in [1.807, 2.05) is 68.4 Å². The second-order valence-corrected chi connectivity index (χ2v) is 12.8. The molecule has 0 radical (unpaired) electrons. The van der Waals surface area contributed by atoms with Crippen molar-refractivity contribution in [3.05, 3.63) is 107 Å². The number of carbonyl (C=O) groups is 2. The molecule has 5 rings (SSSR count). The van der Waals surface area contributed by atoms with Crippen LogP contribution in [0.4, 0.5) is 4.39 Å². The van der Waals surface area contributed by atoms with Gasteiger partial charge in [0.25, 0.3) is 5.91 Å². The van der Waals surface area contributed by atoms with Crippen LogP contribution in [-0.4, -0.2) is 44.7 Å². The lowest BCUT2D eigenvalue weighted by molar-refractivity contribution is -0.300. The second-order valence-electron chi connectivity index (χ2n) is 12.8. The van der Waals surface area contributed by atoms with E-state index in [0.717, 1.165) is 39.1 Å². The van der Waals surface area contributed by atoms with Crippen LogP contribution in [0, 0.1) is 5.82 Å². The zero-order chi connectivity index (χ0) is 33.7. The van der Waals surface area contributed by atoms with Gasteiger partial charge in [-0.3, -0.25) is 9.59 Å². The summed E-state index contributed by atoms with van der Waals surface area (Å²) in [6.45, 7) is 7.89. The van der Waals surface area contributed by atoms with Crippen LogP contribution in [0.5, 0.6) is 0 Å². The van der Waals surface area contributed by atoms with Gasteiger partial charge >= 0.3 is 5.97 Å². The van der Waals surface area contributed by atoms with Crippen molar-refractivity contribution in [2.75, 3.05) is 0 Å². The summed E-state index contributed by atoms with van der Waals surface area (Å²) in [5.74, 6) is -2.47. The van der Waals surface area contributed by atoms with Gasteiger partial charge in [-0.2, -0.15) is 0 Å². The maximum atomic E-state index is 14.3. The Morgan fingerprint density at radius 1 is 0.915 bits per heavy atom. The van der Waals surface area contributed by atoms with Crippen molar-refractivity contribution >= 4 is 11.9 Å². The Balaban J connectivity index is 1.61. The summed E-state index contributed by atoms with van der Waals surface area (Å²) in [6.07, 6.45) is 0.623. The van der Waals surface area contributed by atoms with E-state index in [4.69, 9.17) is 9.47 Å². The number of carbonyl (C=O) groups excluding carboxylic acids is 1. The Morgan fingerprint density at radius 2 is 1.53 bits per heavy atom. The molecule has 1 aliphatic heterocycles. The van der Waals surface area contributed by atoms with E-state index in [9.17, 15) is 24.2 Å². The van der Waals surface area contributed by atoms with Crippen molar-refractivity contribution in [1.82, 2.24) is 9.88 Å². The van der Waals surface area contributed by atoms with Gasteiger partial charge in [0, 0.05) is 35.8 Å². The average Bonchev–Trinajstić information content (AvgIpc) is 3.38. The predicted molar refractivity (Wildman–Crippen MR) is 178 cm³/mol. The summed E-state index contributed by atoms with van der Waals surface area (Å²) in [4.78, 5) is 25.8. The fourth-order valence-corrected chi connectivity index (χ4v) is 6.53. The van der Waals surface area contributed by atoms with Crippen LogP contribution in [0.25, 0.3) is 22.3 Å². The molecule has 9 heteroatoms. The van der Waals surface area contributed by atoms with Crippen LogP contribution < -0.4 is 5.32 Å². The summed E-state index contributed by atoms with van der Waals surface area (Å²) in [5, 5.41) is 22.0. The first kappa shape index (κ1) is 34.0. The van der Waals surface area contributed by atoms with Crippen molar-refractivity contribution in [2.24, 2.45) is 0 Å². The van der Waals surface area contributed by atoms with Crippen LogP contribution >= 0.6 is 0 Å². The minimum absolute atomic E-state index is 0.0550. The third-order valence-electron chi connectivity index (χ3n) is 8.42. The van der Waals surface area contributed by atoms with E-state index in [2.05, 4.69) is 9.88 Å². The summed E-state index contributed by atoms with van der Waals surface area (Å²) in [7, 11) is 0. The third-order valence-corrected chi connectivity index (χ3v) is 8.42. The molecule has 1 amide bonds. The average molecular weight is 643 g/mol. The highest BCUT2D eigenvalue weighted by atomic mass is 19.1. The SMILES string of the molecule is CC(C)n1c(CCC2CC(CC(=O)O)OC(C)(C)O2)c(-c2ccc(F)cc2)c(-c2ccccc2)c1C(=O)NCc1ccc(CO)cc1. The molecule has 1 aromatic heterocycles. The highest BCUT2D eigenvalue weighted by Gasteiger charge is 2.37. The molecule has 47 heavy (non-hydrogen) atoms. The molecule has 0 bridgehead atoms. The molecule has 3 N–H and O–H groups in total. The molecule has 3 aromatic carbocycles. The van der Waals surface area contributed by atoms with Gasteiger partial charge in [-0.05, 0) is 74.9 Å². The molecule has 8 nitrogen and oxygen atoms in total. The van der Waals surface area contributed by atoms with Gasteiger partial charge in [0.15, 0.2) is 5.79 Å². The quantitative estimate of drug-likeness (QED) is 0.150. The first-order chi connectivity index (χ1) is 22.5. The number of hydrogen-bond donors (Lipinski definition) is 3. The zero-order valence-corrected chi connectivity index (χ0v) is 27.3. The monoisotopic (exact) mass is 642 g/mol. The van der Waals surface area contributed by atoms with E-state index in [-0.39, 0.29) is 36.9 Å². The fraction of sp³-hybridized carbons (Fsp3) is 0.368. The maximum Gasteiger partial charge on any atom is 0.305 e. The molecule has 1 saturated heterocycles. The Bertz CT molecular complexity index is 1680. The lowest BCUT2D eigenvalue weighted by Crippen LogP contribution is -2.45. The number of aliphatic hydroxyl groups is 1. The van der Waals surface area contributed by atoms with Gasteiger partial charge in [-0.15, -0.1) is 0 Å². The summed E-state index contributed by atoms with van der Waals surface area (Å²) in [5.41, 5.74) is 6.34. The molecule has 1 aliphatic rings. The van der Waals surface area contributed by atoms with Crippen LogP contribution in [-0.2, 0) is 33.8 Å². The first-order valence-electron chi connectivity index (χ1n) is 16.1. The Morgan fingerprint density at radius 3 is 2.15 bits per heavy atom. The number of ether oxygens (including phenoxy) is 2. The van der Waals surface area contributed by atoms with E-state index >= 15 is 0 Å². The van der Waals surface area contributed by atoms with Crippen LogP contribution in [0.2, 0.25) is 0 Å². The molecule has 2 atom stereocenters. The van der Waals surface area contributed by atoms with Gasteiger partial charge in [0.05, 0.1) is 25.2 Å². The number of hydrogen-bond acceptors (Lipinski definition) is 5. The Labute approximate surface area is 275 Å². The van der Waals surface area contributed by atoms with Gasteiger partial charge in [0.1, 0.15) is 11.5 Å². The molecular weight excluding hydrogens is 599 g/mol. The van der Waals surface area contributed by atoms with E-state index < -0.39 is 17.9 Å². The minimum atomic E-state index is -0.946. The zero-order valence-electron chi connectivity index (χ0n) is 27.3. The number of aliphatic hydroxyl groups excluding tert-OH is 1. The molecule has 0 aliphatic carbocycles. The fourth-order valence-electron chi connectivity index (χ4n) is 6.53. The topological polar surface area (TPSA) is 110 Å². The summed E-state index contributed by atoms with van der Waals surface area (Å²) >= 11 is 0. The van der Waals surface area contributed by atoms with Crippen LogP contribution in [0.15, 0.2) is 78.9 Å². The summed E-state index contributed by atoms with van der Waals surface area (Å²) in [6, 6.07) is 23.4. The van der Waals surface area contributed by atoms with Crippen molar-refractivity contribution < 1.29 is 33.7 Å². The molecule has 1 fully saturated rings. The van der Waals surface area contributed by atoms with Gasteiger partial charge < -0.3 is 29.6 Å². The molecule has 0 saturated carbocycles. The molecule has 0 spiro atoms. The molecule has 2 unspecified atom stereocenters. The van der Waals surface area contributed by atoms with Crippen molar-refractivity contribution in [3.8, 4) is 22.3 Å². The van der Waals surface area contributed by atoms with E-state index in [1.54, 1.807) is 26.0 Å². The number of aromatic nitrogens is 1. The lowest BCUT2D eigenvalue weighted by Gasteiger charge is -2.40. The first-order valence-corrected chi connectivity index (χ1v) is 16.1. The standard InChI is InChI=1S/C38H43FN2O6/c1-24(2)41-32(19-18-30-20-31(21-33(43)44)47-38(3,4)46-30)34(28-14-16-29(39)17-15-28)35(27-8-6-5-7-9-27)36(41)37(45)40-22-25-10-12-26(23-42)13-11-25/h5-17,24,30-31,42H,18-23H2,1-4H3,(H,40,45)(H,43,44). The predicted octanol–water partition coefficient (Wildman–Crippen LogP) is 7.28. The number of rotatable bonds is 12. The molecular formula is C38H43FN2O6. The Kier molecular flexibility index (Phi) is 10.6. The minimum Gasteiger partial charge on any atom is -0.481 e. The largest absolute Gasteiger partial charge is 0.481 e. The smallest absolute Gasteiger partial charge is 0.305 e. The van der Waals surface area contributed by atoms with E-state index in [0.29, 0.717) is 31.5 Å². The van der Waals surface area contributed by atoms with Gasteiger partial charge in [-0.1, -0.05) is 66.7 Å². The highest BCUT2D eigenvalue weighted by molar-refractivity contribution is 6.05. The maximum absolute atomic E-state index is 14.3. The lowest BCUT2D eigenvalue weighted by atomic mass is 9.92. The van der Waals surface area contributed by atoms with Crippen molar-refractivity contribution in [3.63, 3.8) is 0 Å². The van der Waals surface area contributed by atoms with Crippen molar-refractivity contribution in [2.45, 2.75) is 90.6 Å². The van der Waals surface area contributed by atoms with E-state index in [1.165, 1.54) is 12.1 Å². The van der Waals surface area contributed by atoms with Gasteiger partial charge in [-0.25, -0.2) is 4.39 Å².